The van der Waals surface area contributed by atoms with E-state index in [0.29, 0.717) is 5.69 Å². The molecule has 1 aromatic rings. The smallest absolute Gasteiger partial charge is 0.387 e. The van der Waals surface area contributed by atoms with Crippen LogP contribution < -0.4 is 10.1 Å². The summed E-state index contributed by atoms with van der Waals surface area (Å²) in [6.45, 7) is -2.98. The van der Waals surface area contributed by atoms with Crippen LogP contribution >= 0.6 is 0 Å². The van der Waals surface area contributed by atoms with E-state index < -0.39 is 6.61 Å². The lowest BCUT2D eigenvalue weighted by Crippen LogP contribution is -2.17. The van der Waals surface area contributed by atoms with Crippen molar-refractivity contribution in [2.45, 2.75) is 6.61 Å². The molecule has 88 valence electrons. The quantitative estimate of drug-likeness (QED) is 0.841. The second-order valence-corrected chi connectivity index (χ2v) is 2.89. The van der Waals surface area contributed by atoms with E-state index in [4.69, 9.17) is 0 Å². The third-order valence-corrected chi connectivity index (χ3v) is 1.62. The van der Waals surface area contributed by atoms with Gasteiger partial charge in [0.05, 0.1) is 0 Å². The number of carbonyl (C=O) groups is 1. The molecule has 0 bridgehead atoms. The number of alkyl halides is 2. The minimum Gasteiger partial charge on any atom is -0.435 e. The predicted molar refractivity (Wildman–Crippen MR) is 53.6 cm³/mol. The lowest BCUT2D eigenvalue weighted by molar-refractivity contribution is -0.119. The van der Waals surface area contributed by atoms with Gasteiger partial charge < -0.3 is 14.8 Å². The Hall–Kier alpha value is -1.69. The van der Waals surface area contributed by atoms with Crippen molar-refractivity contribution in [2.24, 2.45) is 0 Å². The number of nitrogens with one attached hydrogen (secondary N) is 1. The van der Waals surface area contributed by atoms with E-state index >= 15 is 0 Å². The molecule has 0 aromatic heterocycles. The van der Waals surface area contributed by atoms with E-state index in [0.717, 1.165) is 0 Å². The predicted octanol–water partition coefficient (Wildman–Crippen LogP) is 1.87. The average Bonchev–Trinajstić information content (AvgIpc) is 2.17. The molecule has 1 rings (SSSR count). The summed E-state index contributed by atoms with van der Waals surface area (Å²) in [7, 11) is 1.38. The van der Waals surface area contributed by atoms with E-state index in [9.17, 15) is 13.6 Å². The standard InChI is InChI=1S/C10H11F2NO3/c1-15-6-9(14)13-7-3-2-4-8(5-7)16-10(11)12/h2-5,10H,6H2,1H3,(H,13,14). The first kappa shape index (κ1) is 12.4. The molecule has 0 heterocycles. The highest BCUT2D eigenvalue weighted by Gasteiger charge is 2.06. The van der Waals surface area contributed by atoms with Crippen LogP contribution in [0, 0.1) is 0 Å². The molecule has 0 spiro atoms. The number of halogens is 2. The minimum absolute atomic E-state index is 0.00906. The molecule has 0 aliphatic carbocycles. The fourth-order valence-electron chi connectivity index (χ4n) is 1.08. The van der Waals surface area contributed by atoms with Crippen LogP contribution in [0.3, 0.4) is 0 Å². The highest BCUT2D eigenvalue weighted by Crippen LogP contribution is 2.19. The maximum Gasteiger partial charge on any atom is 0.387 e. The van der Waals surface area contributed by atoms with Crippen molar-refractivity contribution in [2.75, 3.05) is 19.0 Å². The van der Waals surface area contributed by atoms with Gasteiger partial charge in [-0.05, 0) is 12.1 Å². The molecule has 1 aromatic carbocycles. The van der Waals surface area contributed by atoms with Crippen molar-refractivity contribution in [3.05, 3.63) is 24.3 Å². The van der Waals surface area contributed by atoms with Gasteiger partial charge >= 0.3 is 6.61 Å². The van der Waals surface area contributed by atoms with Crippen LogP contribution in [0.1, 0.15) is 0 Å². The molecular weight excluding hydrogens is 220 g/mol. The lowest BCUT2D eigenvalue weighted by Gasteiger charge is -2.07. The Kier molecular flexibility index (Phi) is 4.65. The minimum atomic E-state index is -2.88. The number of carbonyl (C=O) groups excluding carboxylic acids is 1. The molecular formula is C10H11F2NO3. The van der Waals surface area contributed by atoms with Crippen molar-refractivity contribution in [1.29, 1.82) is 0 Å². The summed E-state index contributed by atoms with van der Waals surface area (Å²) in [6, 6.07) is 5.74. The van der Waals surface area contributed by atoms with Gasteiger partial charge in [-0.25, -0.2) is 0 Å². The van der Waals surface area contributed by atoms with Gasteiger partial charge in [0.1, 0.15) is 12.4 Å². The van der Waals surface area contributed by atoms with Gasteiger partial charge in [-0.3, -0.25) is 4.79 Å². The Morgan fingerprint density at radius 1 is 1.50 bits per heavy atom. The van der Waals surface area contributed by atoms with Gasteiger partial charge in [0.25, 0.3) is 0 Å². The Bertz CT molecular complexity index is 358. The van der Waals surface area contributed by atoms with Crippen LogP contribution in [0.25, 0.3) is 0 Å². The SMILES string of the molecule is COCC(=O)Nc1cccc(OC(F)F)c1. The third-order valence-electron chi connectivity index (χ3n) is 1.62. The van der Waals surface area contributed by atoms with E-state index in [2.05, 4.69) is 14.8 Å². The normalized spacial score (nSPS) is 10.2. The summed E-state index contributed by atoms with van der Waals surface area (Å²) in [5.41, 5.74) is 0.375. The van der Waals surface area contributed by atoms with Crippen LogP contribution in [0.15, 0.2) is 24.3 Å². The lowest BCUT2D eigenvalue weighted by atomic mass is 10.3. The summed E-state index contributed by atoms with van der Waals surface area (Å²) >= 11 is 0. The number of benzene rings is 1. The molecule has 4 nitrogen and oxygen atoms in total. The van der Waals surface area contributed by atoms with Gasteiger partial charge in [0, 0.05) is 18.9 Å². The van der Waals surface area contributed by atoms with E-state index in [1.807, 2.05) is 0 Å². The van der Waals surface area contributed by atoms with E-state index in [1.54, 1.807) is 6.07 Å². The zero-order valence-corrected chi connectivity index (χ0v) is 8.57. The Morgan fingerprint density at radius 2 is 2.25 bits per heavy atom. The van der Waals surface area contributed by atoms with Gasteiger partial charge in [0.2, 0.25) is 5.91 Å². The Morgan fingerprint density at radius 3 is 2.88 bits per heavy atom. The van der Waals surface area contributed by atoms with Crippen molar-refractivity contribution in [3.63, 3.8) is 0 Å². The van der Waals surface area contributed by atoms with Crippen LogP contribution in [0.5, 0.6) is 5.75 Å². The van der Waals surface area contributed by atoms with Crippen molar-refractivity contribution in [3.8, 4) is 5.75 Å². The molecule has 0 atom stereocenters. The molecule has 16 heavy (non-hydrogen) atoms. The van der Waals surface area contributed by atoms with Gasteiger partial charge in [-0.15, -0.1) is 0 Å². The Balaban J connectivity index is 2.63. The zero-order chi connectivity index (χ0) is 12.0. The molecule has 0 aliphatic heterocycles. The number of methoxy groups -OCH3 is 1. The fraction of sp³-hybridized carbons (Fsp3) is 0.300. The molecule has 0 unspecified atom stereocenters. The number of hydrogen-bond donors (Lipinski definition) is 1. The maximum atomic E-state index is 11.9. The zero-order valence-electron chi connectivity index (χ0n) is 8.57. The third kappa shape index (κ3) is 4.22. The van der Waals surface area contributed by atoms with Crippen molar-refractivity contribution >= 4 is 11.6 Å². The summed E-state index contributed by atoms with van der Waals surface area (Å²) < 4.78 is 32.6. The monoisotopic (exact) mass is 231 g/mol. The number of hydrogen-bond acceptors (Lipinski definition) is 3. The van der Waals surface area contributed by atoms with E-state index in [1.165, 1.54) is 25.3 Å². The largest absolute Gasteiger partial charge is 0.435 e. The first-order chi connectivity index (χ1) is 7.61. The van der Waals surface area contributed by atoms with Crippen LogP contribution in [-0.4, -0.2) is 26.2 Å². The molecule has 6 heteroatoms. The number of rotatable bonds is 5. The average molecular weight is 231 g/mol. The fourth-order valence-corrected chi connectivity index (χ4v) is 1.08. The first-order valence-corrected chi connectivity index (χ1v) is 4.45. The molecule has 0 fully saturated rings. The summed E-state index contributed by atoms with van der Waals surface area (Å²) in [5.74, 6) is -0.373. The molecule has 1 N–H and O–H groups in total. The topological polar surface area (TPSA) is 47.6 Å². The number of anilines is 1. The van der Waals surface area contributed by atoms with E-state index in [-0.39, 0.29) is 18.3 Å². The van der Waals surface area contributed by atoms with Crippen LogP contribution in [-0.2, 0) is 9.53 Å². The Labute approximate surface area is 91.2 Å². The first-order valence-electron chi connectivity index (χ1n) is 4.45. The summed E-state index contributed by atoms with van der Waals surface area (Å²) in [5, 5.41) is 2.47. The van der Waals surface area contributed by atoms with Crippen molar-refractivity contribution < 1.29 is 23.0 Å². The summed E-state index contributed by atoms with van der Waals surface area (Å²) in [6.07, 6.45) is 0. The molecule has 0 aliphatic rings. The van der Waals surface area contributed by atoms with Crippen LogP contribution in [0.4, 0.5) is 14.5 Å². The highest BCUT2D eigenvalue weighted by atomic mass is 19.3. The molecule has 0 saturated heterocycles. The van der Waals surface area contributed by atoms with Crippen LogP contribution in [0.2, 0.25) is 0 Å². The van der Waals surface area contributed by atoms with Gasteiger partial charge in [-0.2, -0.15) is 8.78 Å². The molecule has 1 amide bonds. The second-order valence-electron chi connectivity index (χ2n) is 2.89. The highest BCUT2D eigenvalue weighted by molar-refractivity contribution is 5.91. The maximum absolute atomic E-state index is 11.9. The molecule has 0 saturated carbocycles. The van der Waals surface area contributed by atoms with Crippen molar-refractivity contribution in [1.82, 2.24) is 0 Å². The van der Waals surface area contributed by atoms with Gasteiger partial charge in [0.15, 0.2) is 0 Å². The number of ether oxygens (including phenoxy) is 2. The second kappa shape index (κ2) is 6.02. The summed E-state index contributed by atoms with van der Waals surface area (Å²) in [4.78, 5) is 11.1. The number of amides is 1. The molecule has 0 radical (unpaired) electrons. The van der Waals surface area contributed by atoms with Gasteiger partial charge in [-0.1, -0.05) is 6.07 Å².